The Balaban J connectivity index is 1.57. The van der Waals surface area contributed by atoms with E-state index in [1.165, 1.54) is 0 Å². The molecule has 4 aromatic rings. The topological polar surface area (TPSA) is 42.0 Å². The number of thiazole rings is 1. The molecule has 0 unspecified atom stereocenters. The summed E-state index contributed by atoms with van der Waals surface area (Å²) in [6.07, 6.45) is 0. The van der Waals surface area contributed by atoms with Crippen molar-refractivity contribution < 1.29 is 4.79 Å². The molecule has 0 atom stereocenters. The summed E-state index contributed by atoms with van der Waals surface area (Å²) in [5, 5.41) is 6.89. The normalized spacial score (nSPS) is 10.7. The van der Waals surface area contributed by atoms with Gasteiger partial charge in [-0.15, -0.1) is 11.3 Å². The van der Waals surface area contributed by atoms with Crippen molar-refractivity contribution in [3.05, 3.63) is 92.2 Å². The summed E-state index contributed by atoms with van der Waals surface area (Å²) in [5.74, 6) is -0.270. The van der Waals surface area contributed by atoms with Gasteiger partial charge in [-0.05, 0) is 42.5 Å². The van der Waals surface area contributed by atoms with E-state index in [4.69, 9.17) is 28.2 Å². The molecule has 0 aliphatic carbocycles. The van der Waals surface area contributed by atoms with Gasteiger partial charge in [0.1, 0.15) is 5.01 Å². The Labute approximate surface area is 190 Å². The number of rotatable bonds is 4. The van der Waals surface area contributed by atoms with Crippen molar-refractivity contribution in [2.45, 2.75) is 0 Å². The lowest BCUT2D eigenvalue weighted by Gasteiger charge is -2.08. The Morgan fingerprint density at radius 2 is 1.76 bits per heavy atom. The van der Waals surface area contributed by atoms with Crippen LogP contribution in [0, 0.1) is 0 Å². The molecule has 4 rings (SSSR count). The lowest BCUT2D eigenvalue weighted by molar-refractivity contribution is 0.102. The summed E-state index contributed by atoms with van der Waals surface area (Å²) >= 11 is 17.0. The number of hydrogen-bond acceptors (Lipinski definition) is 3. The van der Waals surface area contributed by atoms with Crippen molar-refractivity contribution in [2.24, 2.45) is 0 Å². The predicted octanol–water partition coefficient (Wildman–Crippen LogP) is 7.80. The average Bonchev–Trinajstić information content (AvgIpc) is 3.21. The van der Waals surface area contributed by atoms with Gasteiger partial charge in [-0.25, -0.2) is 4.98 Å². The van der Waals surface area contributed by atoms with Gasteiger partial charge < -0.3 is 5.32 Å². The lowest BCUT2D eigenvalue weighted by Crippen LogP contribution is -2.12. The maximum absolute atomic E-state index is 12.6. The Morgan fingerprint density at radius 3 is 2.55 bits per heavy atom. The second-order valence-electron chi connectivity index (χ2n) is 6.20. The summed E-state index contributed by atoms with van der Waals surface area (Å²) in [7, 11) is 0. The van der Waals surface area contributed by atoms with Crippen molar-refractivity contribution in [3.63, 3.8) is 0 Å². The molecule has 144 valence electrons. The highest BCUT2D eigenvalue weighted by Gasteiger charge is 2.12. The third kappa shape index (κ3) is 4.70. The van der Waals surface area contributed by atoms with Crippen molar-refractivity contribution >= 4 is 62.1 Å². The average molecular weight is 504 g/mol. The number of amides is 1. The molecule has 0 saturated heterocycles. The number of benzene rings is 3. The number of halogens is 3. The van der Waals surface area contributed by atoms with Crippen LogP contribution in [0.15, 0.2) is 76.6 Å². The van der Waals surface area contributed by atoms with E-state index in [0.29, 0.717) is 21.3 Å². The first-order chi connectivity index (χ1) is 14.0. The lowest BCUT2D eigenvalue weighted by atomic mass is 10.1. The second kappa shape index (κ2) is 8.67. The van der Waals surface area contributed by atoms with Crippen LogP contribution < -0.4 is 5.32 Å². The molecule has 1 heterocycles. The van der Waals surface area contributed by atoms with Gasteiger partial charge >= 0.3 is 0 Å². The fraction of sp³-hybridized carbons (Fsp3) is 0. The first-order valence-corrected chi connectivity index (χ1v) is 11.0. The molecule has 3 nitrogen and oxygen atoms in total. The molecule has 1 N–H and O–H groups in total. The van der Waals surface area contributed by atoms with Crippen LogP contribution in [0.4, 0.5) is 5.69 Å². The maximum Gasteiger partial charge on any atom is 0.257 e. The zero-order chi connectivity index (χ0) is 20.4. The highest BCUT2D eigenvalue weighted by Crippen LogP contribution is 2.31. The molecule has 0 bridgehead atoms. The minimum Gasteiger partial charge on any atom is -0.322 e. The summed E-state index contributed by atoms with van der Waals surface area (Å²) in [6, 6.07) is 20.3. The van der Waals surface area contributed by atoms with Crippen LogP contribution in [0.25, 0.3) is 21.8 Å². The molecule has 0 aliphatic rings. The highest BCUT2D eigenvalue weighted by atomic mass is 79.9. The molecule has 0 radical (unpaired) electrons. The van der Waals surface area contributed by atoms with E-state index < -0.39 is 0 Å². The van der Waals surface area contributed by atoms with E-state index in [9.17, 15) is 4.79 Å². The largest absolute Gasteiger partial charge is 0.322 e. The van der Waals surface area contributed by atoms with Crippen LogP contribution in [-0.2, 0) is 0 Å². The van der Waals surface area contributed by atoms with Gasteiger partial charge in [0, 0.05) is 31.7 Å². The Bertz CT molecular complexity index is 1190. The van der Waals surface area contributed by atoms with E-state index in [1.54, 1.807) is 29.5 Å². The molecule has 0 aliphatic heterocycles. The zero-order valence-corrected chi connectivity index (χ0v) is 18.7. The van der Waals surface area contributed by atoms with Crippen molar-refractivity contribution in [1.29, 1.82) is 0 Å². The van der Waals surface area contributed by atoms with E-state index in [1.807, 2.05) is 53.9 Å². The molecule has 7 heteroatoms. The van der Waals surface area contributed by atoms with Crippen LogP contribution in [0.5, 0.6) is 0 Å². The van der Waals surface area contributed by atoms with Crippen molar-refractivity contribution in [2.75, 3.05) is 5.32 Å². The van der Waals surface area contributed by atoms with Gasteiger partial charge in [0.15, 0.2) is 0 Å². The minimum atomic E-state index is -0.270. The van der Waals surface area contributed by atoms with Gasteiger partial charge in [0.2, 0.25) is 0 Å². The summed E-state index contributed by atoms with van der Waals surface area (Å²) in [6.45, 7) is 0. The van der Waals surface area contributed by atoms with Gasteiger partial charge in [-0.1, -0.05) is 63.4 Å². The zero-order valence-electron chi connectivity index (χ0n) is 14.8. The molecular formula is C22H13BrCl2N2OS. The fourth-order valence-corrected chi connectivity index (χ4v) is 4.28. The molecule has 3 aromatic carbocycles. The molecular weight excluding hydrogens is 491 g/mol. The fourth-order valence-electron chi connectivity index (χ4n) is 2.76. The first kappa shape index (κ1) is 20.1. The molecule has 0 spiro atoms. The standard InChI is InChI=1S/C22H13BrCl2N2OS/c23-15-6-9-19(25)18(11-15)21(28)26-17-3-1-2-14(10-17)20-12-29-22(27-20)13-4-7-16(24)8-5-13/h1-12H,(H,26,28). The Hall–Kier alpha value is -2.18. The van der Waals surface area contributed by atoms with E-state index in [0.717, 1.165) is 26.3 Å². The van der Waals surface area contributed by atoms with Gasteiger partial charge in [0.05, 0.1) is 16.3 Å². The third-order valence-corrected chi connectivity index (χ3v) is 6.15. The molecule has 0 saturated carbocycles. The molecule has 1 aromatic heterocycles. The number of carbonyl (C=O) groups excluding carboxylic acids is 1. The number of anilines is 1. The minimum absolute atomic E-state index is 0.270. The number of nitrogens with one attached hydrogen (secondary N) is 1. The number of hydrogen-bond donors (Lipinski definition) is 1. The SMILES string of the molecule is O=C(Nc1cccc(-c2csc(-c3ccc(Cl)cc3)n2)c1)c1cc(Br)ccc1Cl. The number of nitrogens with zero attached hydrogens (tertiary/aromatic N) is 1. The predicted molar refractivity (Wildman–Crippen MR) is 125 cm³/mol. The van der Waals surface area contributed by atoms with Gasteiger partial charge in [-0.3, -0.25) is 4.79 Å². The van der Waals surface area contributed by atoms with Crippen molar-refractivity contribution in [3.8, 4) is 21.8 Å². The Morgan fingerprint density at radius 1 is 0.966 bits per heavy atom. The molecule has 1 amide bonds. The van der Waals surface area contributed by atoms with Crippen LogP contribution >= 0.6 is 50.5 Å². The summed E-state index contributed by atoms with van der Waals surface area (Å²) in [4.78, 5) is 17.3. The van der Waals surface area contributed by atoms with E-state index >= 15 is 0 Å². The van der Waals surface area contributed by atoms with Crippen LogP contribution in [-0.4, -0.2) is 10.9 Å². The van der Waals surface area contributed by atoms with Crippen LogP contribution in [0.2, 0.25) is 10.0 Å². The monoisotopic (exact) mass is 502 g/mol. The highest BCUT2D eigenvalue weighted by molar-refractivity contribution is 9.10. The van der Waals surface area contributed by atoms with Gasteiger partial charge in [-0.2, -0.15) is 0 Å². The Kier molecular flexibility index (Phi) is 6.01. The molecule has 0 fully saturated rings. The van der Waals surface area contributed by atoms with Gasteiger partial charge in [0.25, 0.3) is 5.91 Å². The maximum atomic E-state index is 12.6. The summed E-state index contributed by atoms with van der Waals surface area (Å²) < 4.78 is 0.790. The third-order valence-electron chi connectivity index (χ3n) is 4.18. The first-order valence-electron chi connectivity index (χ1n) is 8.58. The number of aromatic nitrogens is 1. The number of carbonyl (C=O) groups is 1. The summed E-state index contributed by atoms with van der Waals surface area (Å²) in [5.41, 5.74) is 3.85. The van der Waals surface area contributed by atoms with Crippen LogP contribution in [0.3, 0.4) is 0 Å². The van der Waals surface area contributed by atoms with E-state index in [-0.39, 0.29) is 5.91 Å². The van der Waals surface area contributed by atoms with Crippen molar-refractivity contribution in [1.82, 2.24) is 4.98 Å². The molecule has 29 heavy (non-hydrogen) atoms. The second-order valence-corrected chi connectivity index (χ2v) is 8.82. The quantitative estimate of drug-likeness (QED) is 0.308. The van der Waals surface area contributed by atoms with Crippen LogP contribution in [0.1, 0.15) is 10.4 Å². The van der Waals surface area contributed by atoms with E-state index in [2.05, 4.69) is 21.2 Å². The smallest absolute Gasteiger partial charge is 0.257 e.